The number of nitrogens with zero attached hydrogens (tertiary/aromatic N) is 3. The number of rotatable bonds is 1. The van der Waals surface area contributed by atoms with E-state index in [4.69, 9.17) is 0 Å². The summed E-state index contributed by atoms with van der Waals surface area (Å²) in [5, 5.41) is 4.23. The lowest BCUT2D eigenvalue weighted by atomic mass is 10.1. The first kappa shape index (κ1) is 10.8. The number of benzene rings is 1. The molecule has 1 aromatic carbocycles. The Bertz CT molecular complexity index is 714. The van der Waals surface area contributed by atoms with Crippen molar-refractivity contribution in [3.8, 4) is 11.3 Å². The Hall–Kier alpha value is -2.30. The van der Waals surface area contributed by atoms with E-state index in [9.17, 15) is 8.78 Å². The second-order valence-corrected chi connectivity index (χ2v) is 4.06. The highest BCUT2D eigenvalue weighted by atomic mass is 19.1. The molecule has 0 aliphatic heterocycles. The molecule has 90 valence electrons. The molecule has 0 saturated heterocycles. The second kappa shape index (κ2) is 3.87. The van der Waals surface area contributed by atoms with Crippen molar-refractivity contribution in [1.82, 2.24) is 14.6 Å². The molecule has 0 spiro atoms. The van der Waals surface area contributed by atoms with Gasteiger partial charge in [-0.1, -0.05) is 0 Å². The Morgan fingerprint density at radius 2 is 1.78 bits per heavy atom. The van der Waals surface area contributed by atoms with Crippen molar-refractivity contribution in [3.63, 3.8) is 0 Å². The van der Waals surface area contributed by atoms with Crippen LogP contribution in [0.25, 0.3) is 16.9 Å². The summed E-state index contributed by atoms with van der Waals surface area (Å²) in [6, 6.07) is 6.97. The fourth-order valence-electron chi connectivity index (χ4n) is 1.82. The third-order valence-corrected chi connectivity index (χ3v) is 2.61. The number of imidazole rings is 1. The molecule has 18 heavy (non-hydrogen) atoms. The fourth-order valence-corrected chi connectivity index (χ4v) is 1.82. The molecule has 0 unspecified atom stereocenters. The van der Waals surface area contributed by atoms with Crippen molar-refractivity contribution >= 4 is 5.65 Å². The second-order valence-electron chi connectivity index (χ2n) is 4.06. The SMILES string of the molecule is Cc1ccc2nc(-c3cc(F)cc(F)c3)cn2n1. The van der Waals surface area contributed by atoms with Crippen LogP contribution in [0.2, 0.25) is 0 Å². The molecule has 0 atom stereocenters. The van der Waals surface area contributed by atoms with Gasteiger partial charge in [0.15, 0.2) is 5.65 Å². The molecule has 0 fully saturated rings. The normalized spacial score (nSPS) is 11.1. The van der Waals surface area contributed by atoms with Gasteiger partial charge < -0.3 is 0 Å². The van der Waals surface area contributed by atoms with Gasteiger partial charge >= 0.3 is 0 Å². The van der Waals surface area contributed by atoms with Crippen LogP contribution in [0.5, 0.6) is 0 Å². The molecule has 5 heteroatoms. The number of aryl methyl sites for hydroxylation is 1. The van der Waals surface area contributed by atoms with Crippen LogP contribution in [0.3, 0.4) is 0 Å². The maximum absolute atomic E-state index is 13.1. The third-order valence-electron chi connectivity index (χ3n) is 2.61. The number of halogens is 2. The minimum absolute atomic E-state index is 0.399. The zero-order valence-corrected chi connectivity index (χ0v) is 9.56. The van der Waals surface area contributed by atoms with E-state index in [1.807, 2.05) is 19.1 Å². The first-order chi connectivity index (χ1) is 8.61. The average molecular weight is 245 g/mol. The highest BCUT2D eigenvalue weighted by molar-refractivity contribution is 5.62. The van der Waals surface area contributed by atoms with Gasteiger partial charge in [0.05, 0.1) is 17.6 Å². The minimum atomic E-state index is -0.619. The summed E-state index contributed by atoms with van der Waals surface area (Å²) >= 11 is 0. The fraction of sp³-hybridized carbons (Fsp3) is 0.0769. The van der Waals surface area contributed by atoms with Gasteiger partial charge in [0.2, 0.25) is 0 Å². The molecule has 3 aromatic rings. The molecule has 0 radical (unpaired) electrons. The molecule has 2 heterocycles. The van der Waals surface area contributed by atoms with E-state index in [0.717, 1.165) is 11.8 Å². The Morgan fingerprint density at radius 3 is 2.50 bits per heavy atom. The summed E-state index contributed by atoms with van der Waals surface area (Å²) in [4.78, 5) is 4.27. The van der Waals surface area contributed by atoms with Gasteiger partial charge in [0.1, 0.15) is 11.6 Å². The van der Waals surface area contributed by atoms with Crippen molar-refractivity contribution in [3.05, 3.63) is 53.9 Å². The number of aromatic nitrogens is 3. The molecule has 0 saturated carbocycles. The number of fused-ring (bicyclic) bond motifs is 1. The van der Waals surface area contributed by atoms with Crippen LogP contribution in [-0.4, -0.2) is 14.6 Å². The van der Waals surface area contributed by atoms with Crippen LogP contribution in [0.15, 0.2) is 36.5 Å². The molecule has 0 bridgehead atoms. The van der Waals surface area contributed by atoms with E-state index in [0.29, 0.717) is 16.9 Å². The van der Waals surface area contributed by atoms with Gasteiger partial charge in [-0.3, -0.25) is 0 Å². The molecular formula is C13H9F2N3. The standard InChI is InChI=1S/C13H9F2N3/c1-8-2-3-13-16-12(7-18(13)17-8)9-4-10(14)6-11(15)5-9/h2-7H,1H3. The van der Waals surface area contributed by atoms with Crippen LogP contribution in [0.1, 0.15) is 5.69 Å². The molecule has 0 aliphatic carbocycles. The van der Waals surface area contributed by atoms with Gasteiger partial charge in [-0.25, -0.2) is 18.3 Å². The first-order valence-electron chi connectivity index (χ1n) is 5.41. The van der Waals surface area contributed by atoms with Gasteiger partial charge in [-0.2, -0.15) is 5.10 Å². The lowest BCUT2D eigenvalue weighted by Crippen LogP contribution is -1.91. The smallest absolute Gasteiger partial charge is 0.154 e. The van der Waals surface area contributed by atoms with E-state index in [1.165, 1.54) is 12.1 Å². The highest BCUT2D eigenvalue weighted by Crippen LogP contribution is 2.21. The van der Waals surface area contributed by atoms with Crippen molar-refractivity contribution in [2.45, 2.75) is 6.92 Å². The molecule has 2 aromatic heterocycles. The predicted octanol–water partition coefficient (Wildman–Crippen LogP) is 2.98. The molecular weight excluding hydrogens is 236 g/mol. The van der Waals surface area contributed by atoms with Crippen molar-refractivity contribution in [2.24, 2.45) is 0 Å². The van der Waals surface area contributed by atoms with Crippen molar-refractivity contribution in [1.29, 1.82) is 0 Å². The quantitative estimate of drug-likeness (QED) is 0.659. The summed E-state index contributed by atoms with van der Waals surface area (Å²) in [6.45, 7) is 1.86. The van der Waals surface area contributed by atoms with Crippen LogP contribution in [-0.2, 0) is 0 Å². The lowest BCUT2D eigenvalue weighted by Gasteiger charge is -1.96. The first-order valence-corrected chi connectivity index (χ1v) is 5.41. The van der Waals surface area contributed by atoms with Crippen LogP contribution in [0, 0.1) is 18.6 Å². The molecule has 3 nitrogen and oxygen atoms in total. The molecule has 0 amide bonds. The largest absolute Gasteiger partial charge is 0.227 e. The van der Waals surface area contributed by atoms with E-state index in [1.54, 1.807) is 10.7 Å². The van der Waals surface area contributed by atoms with Gasteiger partial charge in [-0.05, 0) is 31.2 Å². The minimum Gasteiger partial charge on any atom is -0.227 e. The third kappa shape index (κ3) is 1.84. The predicted molar refractivity (Wildman–Crippen MR) is 63.1 cm³/mol. The Morgan fingerprint density at radius 1 is 1.06 bits per heavy atom. The maximum atomic E-state index is 13.1. The Labute approximate surface area is 102 Å². The van der Waals surface area contributed by atoms with Crippen LogP contribution < -0.4 is 0 Å². The summed E-state index contributed by atoms with van der Waals surface area (Å²) in [5.74, 6) is -1.24. The monoisotopic (exact) mass is 245 g/mol. The van der Waals surface area contributed by atoms with E-state index >= 15 is 0 Å². The van der Waals surface area contributed by atoms with Crippen LogP contribution in [0.4, 0.5) is 8.78 Å². The summed E-state index contributed by atoms with van der Waals surface area (Å²) in [5.41, 5.74) is 2.37. The van der Waals surface area contributed by atoms with E-state index in [2.05, 4.69) is 10.1 Å². The zero-order valence-electron chi connectivity index (χ0n) is 9.56. The summed E-state index contributed by atoms with van der Waals surface area (Å²) < 4.78 is 27.9. The molecule has 3 rings (SSSR count). The maximum Gasteiger partial charge on any atom is 0.154 e. The topological polar surface area (TPSA) is 30.2 Å². The molecule has 0 aliphatic rings. The zero-order chi connectivity index (χ0) is 12.7. The van der Waals surface area contributed by atoms with Crippen molar-refractivity contribution in [2.75, 3.05) is 0 Å². The number of hydrogen-bond acceptors (Lipinski definition) is 2. The Balaban J connectivity index is 2.19. The highest BCUT2D eigenvalue weighted by Gasteiger charge is 2.08. The lowest BCUT2D eigenvalue weighted by molar-refractivity contribution is 0.584. The summed E-state index contributed by atoms with van der Waals surface area (Å²) in [7, 11) is 0. The molecule has 0 N–H and O–H groups in total. The van der Waals surface area contributed by atoms with Gasteiger partial charge in [-0.15, -0.1) is 0 Å². The van der Waals surface area contributed by atoms with Gasteiger partial charge in [0.25, 0.3) is 0 Å². The van der Waals surface area contributed by atoms with Crippen molar-refractivity contribution < 1.29 is 8.78 Å². The van der Waals surface area contributed by atoms with Gasteiger partial charge in [0, 0.05) is 11.6 Å². The summed E-state index contributed by atoms with van der Waals surface area (Å²) in [6.07, 6.45) is 1.65. The van der Waals surface area contributed by atoms with E-state index < -0.39 is 11.6 Å². The van der Waals surface area contributed by atoms with Crippen LogP contribution >= 0.6 is 0 Å². The Kier molecular flexibility index (Phi) is 2.33. The number of hydrogen-bond donors (Lipinski definition) is 0. The average Bonchev–Trinajstić information content (AvgIpc) is 2.70. The van der Waals surface area contributed by atoms with E-state index in [-0.39, 0.29) is 0 Å².